The van der Waals surface area contributed by atoms with E-state index in [1.54, 1.807) is 13.2 Å². The Morgan fingerprint density at radius 2 is 1.64 bits per heavy atom. The molecule has 7 heteroatoms. The number of nitrogens with zero attached hydrogens (tertiary/aromatic N) is 4. The van der Waals surface area contributed by atoms with E-state index in [2.05, 4.69) is 19.9 Å². The van der Waals surface area contributed by atoms with Gasteiger partial charge in [-0.2, -0.15) is 4.98 Å². The van der Waals surface area contributed by atoms with E-state index in [-0.39, 0.29) is 5.82 Å². The van der Waals surface area contributed by atoms with Crippen LogP contribution in [0.3, 0.4) is 0 Å². The van der Waals surface area contributed by atoms with Crippen molar-refractivity contribution in [1.82, 2.24) is 19.9 Å². The Morgan fingerprint density at radius 3 is 2.32 bits per heavy atom. The number of hydrogen-bond donors (Lipinski definition) is 0. The third-order valence-electron chi connectivity index (χ3n) is 4.99. The number of piperazine rings is 1. The van der Waals surface area contributed by atoms with Gasteiger partial charge >= 0.3 is 0 Å². The molecule has 0 radical (unpaired) electrons. The summed E-state index contributed by atoms with van der Waals surface area (Å²) < 4.78 is 24.4. The van der Waals surface area contributed by atoms with E-state index in [9.17, 15) is 4.39 Å². The lowest BCUT2D eigenvalue weighted by atomic mass is 10.2. The summed E-state index contributed by atoms with van der Waals surface area (Å²) in [6.45, 7) is 4.80. The molecular formula is C21H23FN4O2. The fourth-order valence-electron chi connectivity index (χ4n) is 3.34. The maximum absolute atomic E-state index is 13.8. The van der Waals surface area contributed by atoms with Gasteiger partial charge in [0.2, 0.25) is 11.7 Å². The summed E-state index contributed by atoms with van der Waals surface area (Å²) >= 11 is 0. The molecule has 0 atom stereocenters. The zero-order valence-electron chi connectivity index (χ0n) is 15.8. The zero-order chi connectivity index (χ0) is 19.3. The number of halogens is 1. The second kappa shape index (κ2) is 8.50. The molecular weight excluding hydrogens is 359 g/mol. The molecule has 1 aromatic heterocycles. The standard InChI is InChI=1S/C21H23FN4O2/c1-27-18-8-6-16(7-9-18)21-23-20(28-24-21)15-26-12-10-25(11-13-26)14-17-4-2-3-5-19(17)22/h2-9H,10-15H2,1H3. The van der Waals surface area contributed by atoms with Gasteiger partial charge in [-0.15, -0.1) is 0 Å². The Kier molecular flexibility index (Phi) is 5.64. The number of rotatable bonds is 6. The van der Waals surface area contributed by atoms with Gasteiger partial charge in [0.1, 0.15) is 11.6 Å². The maximum atomic E-state index is 13.8. The zero-order valence-corrected chi connectivity index (χ0v) is 15.8. The summed E-state index contributed by atoms with van der Waals surface area (Å²) in [4.78, 5) is 9.06. The molecule has 1 aliphatic rings. The Bertz CT molecular complexity index is 905. The smallest absolute Gasteiger partial charge is 0.241 e. The maximum Gasteiger partial charge on any atom is 0.241 e. The first-order valence-corrected chi connectivity index (χ1v) is 9.36. The van der Waals surface area contributed by atoms with Gasteiger partial charge in [0, 0.05) is 43.9 Å². The summed E-state index contributed by atoms with van der Waals surface area (Å²) in [6, 6.07) is 14.5. The number of ether oxygens (including phenoxy) is 1. The fourth-order valence-corrected chi connectivity index (χ4v) is 3.34. The number of methoxy groups -OCH3 is 1. The van der Waals surface area contributed by atoms with Crippen molar-refractivity contribution >= 4 is 0 Å². The highest BCUT2D eigenvalue weighted by Crippen LogP contribution is 2.20. The molecule has 0 aliphatic carbocycles. The van der Waals surface area contributed by atoms with Crippen LogP contribution >= 0.6 is 0 Å². The predicted octanol–water partition coefficient (Wildman–Crippen LogP) is 3.20. The second-order valence-corrected chi connectivity index (χ2v) is 6.88. The Balaban J connectivity index is 1.30. The highest BCUT2D eigenvalue weighted by Gasteiger charge is 2.20. The van der Waals surface area contributed by atoms with Crippen LogP contribution in [-0.4, -0.2) is 53.2 Å². The van der Waals surface area contributed by atoms with E-state index in [1.807, 2.05) is 36.4 Å². The molecule has 28 heavy (non-hydrogen) atoms. The predicted molar refractivity (Wildman–Crippen MR) is 103 cm³/mol. The topological polar surface area (TPSA) is 54.6 Å². The van der Waals surface area contributed by atoms with Gasteiger partial charge in [-0.25, -0.2) is 4.39 Å². The average molecular weight is 382 g/mol. The SMILES string of the molecule is COc1ccc(-c2noc(CN3CCN(Cc4ccccc4F)CC3)n2)cc1. The minimum absolute atomic E-state index is 0.137. The van der Waals surface area contributed by atoms with Crippen molar-refractivity contribution in [3.05, 3.63) is 65.8 Å². The second-order valence-electron chi connectivity index (χ2n) is 6.88. The van der Waals surface area contributed by atoms with Crippen LogP contribution < -0.4 is 4.74 Å². The Labute approximate surface area is 163 Å². The molecule has 0 N–H and O–H groups in total. The van der Waals surface area contributed by atoms with Crippen molar-refractivity contribution in [2.24, 2.45) is 0 Å². The van der Waals surface area contributed by atoms with Gasteiger partial charge in [-0.05, 0) is 30.3 Å². The van der Waals surface area contributed by atoms with Crippen LogP contribution in [0.1, 0.15) is 11.5 Å². The van der Waals surface area contributed by atoms with Gasteiger partial charge in [-0.3, -0.25) is 9.80 Å². The quantitative estimate of drug-likeness (QED) is 0.653. The molecule has 0 spiro atoms. The summed E-state index contributed by atoms with van der Waals surface area (Å²) in [5, 5.41) is 4.08. The number of benzene rings is 2. The van der Waals surface area contributed by atoms with Gasteiger partial charge in [0.25, 0.3) is 0 Å². The number of hydrogen-bond acceptors (Lipinski definition) is 6. The normalized spacial score (nSPS) is 15.6. The monoisotopic (exact) mass is 382 g/mol. The van der Waals surface area contributed by atoms with E-state index in [0.717, 1.165) is 43.1 Å². The highest BCUT2D eigenvalue weighted by molar-refractivity contribution is 5.55. The van der Waals surface area contributed by atoms with Crippen LogP contribution in [0, 0.1) is 5.82 Å². The van der Waals surface area contributed by atoms with Crippen LogP contribution in [0.25, 0.3) is 11.4 Å². The minimum Gasteiger partial charge on any atom is -0.497 e. The van der Waals surface area contributed by atoms with E-state index in [1.165, 1.54) is 6.07 Å². The first-order valence-electron chi connectivity index (χ1n) is 9.36. The average Bonchev–Trinajstić information content (AvgIpc) is 3.20. The summed E-state index contributed by atoms with van der Waals surface area (Å²) in [5.74, 6) is 1.84. The van der Waals surface area contributed by atoms with Crippen LogP contribution in [0.5, 0.6) is 5.75 Å². The lowest BCUT2D eigenvalue weighted by Crippen LogP contribution is -2.45. The van der Waals surface area contributed by atoms with E-state index in [4.69, 9.17) is 9.26 Å². The number of aromatic nitrogens is 2. The largest absolute Gasteiger partial charge is 0.497 e. The first kappa shape index (κ1) is 18.6. The summed E-state index contributed by atoms with van der Waals surface area (Å²) in [5.41, 5.74) is 1.64. The van der Waals surface area contributed by atoms with Crippen molar-refractivity contribution in [3.63, 3.8) is 0 Å². The third kappa shape index (κ3) is 4.37. The molecule has 0 saturated carbocycles. The molecule has 3 aromatic rings. The lowest BCUT2D eigenvalue weighted by Gasteiger charge is -2.33. The lowest BCUT2D eigenvalue weighted by molar-refractivity contribution is 0.111. The molecule has 0 bridgehead atoms. The van der Waals surface area contributed by atoms with Gasteiger partial charge in [0.15, 0.2) is 0 Å². The third-order valence-corrected chi connectivity index (χ3v) is 4.99. The molecule has 6 nitrogen and oxygen atoms in total. The molecule has 0 amide bonds. The van der Waals surface area contributed by atoms with Crippen molar-refractivity contribution < 1.29 is 13.7 Å². The van der Waals surface area contributed by atoms with Crippen LogP contribution in [0.4, 0.5) is 4.39 Å². The fraction of sp³-hybridized carbons (Fsp3) is 0.333. The highest BCUT2D eigenvalue weighted by atomic mass is 19.1. The first-order chi connectivity index (χ1) is 13.7. The van der Waals surface area contributed by atoms with Crippen LogP contribution in [0.2, 0.25) is 0 Å². The molecule has 4 rings (SSSR count). The van der Waals surface area contributed by atoms with E-state index < -0.39 is 0 Å². The van der Waals surface area contributed by atoms with E-state index in [0.29, 0.717) is 24.8 Å². The van der Waals surface area contributed by atoms with Gasteiger partial charge < -0.3 is 9.26 Å². The molecule has 1 fully saturated rings. The Hall–Kier alpha value is -2.77. The van der Waals surface area contributed by atoms with Crippen molar-refractivity contribution in [1.29, 1.82) is 0 Å². The summed E-state index contributed by atoms with van der Waals surface area (Å²) in [7, 11) is 1.64. The molecule has 2 heterocycles. The molecule has 2 aromatic carbocycles. The van der Waals surface area contributed by atoms with Crippen LogP contribution in [-0.2, 0) is 13.1 Å². The van der Waals surface area contributed by atoms with Crippen molar-refractivity contribution in [2.45, 2.75) is 13.1 Å². The van der Waals surface area contributed by atoms with Crippen molar-refractivity contribution in [3.8, 4) is 17.1 Å². The van der Waals surface area contributed by atoms with Crippen LogP contribution in [0.15, 0.2) is 53.1 Å². The van der Waals surface area contributed by atoms with Gasteiger partial charge in [0.05, 0.1) is 13.7 Å². The van der Waals surface area contributed by atoms with Crippen molar-refractivity contribution in [2.75, 3.05) is 33.3 Å². The molecule has 1 aliphatic heterocycles. The Morgan fingerprint density at radius 1 is 0.964 bits per heavy atom. The molecule has 146 valence electrons. The van der Waals surface area contributed by atoms with Gasteiger partial charge in [-0.1, -0.05) is 23.4 Å². The minimum atomic E-state index is -0.137. The molecule has 0 unspecified atom stereocenters. The summed E-state index contributed by atoms with van der Waals surface area (Å²) in [6.07, 6.45) is 0. The van der Waals surface area contributed by atoms with E-state index >= 15 is 0 Å². The molecule has 1 saturated heterocycles.